The van der Waals surface area contributed by atoms with Crippen molar-refractivity contribution in [2.45, 2.75) is 52.5 Å². The van der Waals surface area contributed by atoms with Crippen molar-refractivity contribution < 1.29 is 9.53 Å². The van der Waals surface area contributed by atoms with Crippen molar-refractivity contribution in [3.05, 3.63) is 0 Å². The summed E-state index contributed by atoms with van der Waals surface area (Å²) in [5, 5.41) is 3.04. The molecule has 0 heterocycles. The predicted molar refractivity (Wildman–Crippen MR) is 75.3 cm³/mol. The van der Waals surface area contributed by atoms with Crippen LogP contribution in [-0.4, -0.2) is 32.2 Å². The summed E-state index contributed by atoms with van der Waals surface area (Å²) in [6.45, 7) is 7.58. The van der Waals surface area contributed by atoms with Gasteiger partial charge in [0.05, 0.1) is 12.6 Å². The number of nitrogens with two attached hydrogens (primary N) is 1. The second-order valence-corrected chi connectivity index (χ2v) is 5.44. The molecule has 0 aliphatic heterocycles. The topological polar surface area (TPSA) is 64.3 Å². The maximum Gasteiger partial charge on any atom is 0.220 e. The molecular formula is C14H30N2O2. The van der Waals surface area contributed by atoms with Crippen molar-refractivity contribution in [3.8, 4) is 0 Å². The molecule has 0 aromatic carbocycles. The van der Waals surface area contributed by atoms with Gasteiger partial charge in [-0.1, -0.05) is 27.2 Å². The number of carbonyl (C=O) groups excluding carboxylic acids is 1. The minimum absolute atomic E-state index is 0.0987. The highest BCUT2D eigenvalue weighted by molar-refractivity contribution is 5.76. The quantitative estimate of drug-likeness (QED) is 0.629. The van der Waals surface area contributed by atoms with Crippen LogP contribution in [0.2, 0.25) is 0 Å². The van der Waals surface area contributed by atoms with E-state index in [0.29, 0.717) is 25.5 Å². The second kappa shape index (κ2) is 10.3. The monoisotopic (exact) mass is 258 g/mol. The Labute approximate surface area is 112 Å². The zero-order valence-corrected chi connectivity index (χ0v) is 12.4. The van der Waals surface area contributed by atoms with E-state index < -0.39 is 0 Å². The Kier molecular flexibility index (Phi) is 9.98. The minimum Gasteiger partial charge on any atom is -0.383 e. The first-order valence-electron chi connectivity index (χ1n) is 7.01. The van der Waals surface area contributed by atoms with E-state index in [4.69, 9.17) is 10.5 Å². The molecule has 0 saturated heterocycles. The lowest BCUT2D eigenvalue weighted by Crippen LogP contribution is -2.39. The average molecular weight is 258 g/mol. The second-order valence-electron chi connectivity index (χ2n) is 5.44. The van der Waals surface area contributed by atoms with E-state index in [1.54, 1.807) is 7.11 Å². The Morgan fingerprint density at radius 3 is 2.50 bits per heavy atom. The number of rotatable bonds is 10. The van der Waals surface area contributed by atoms with E-state index in [-0.39, 0.29) is 17.9 Å². The van der Waals surface area contributed by atoms with E-state index in [1.165, 1.54) is 0 Å². The van der Waals surface area contributed by atoms with Crippen LogP contribution < -0.4 is 11.1 Å². The standard InChI is InChI=1S/C14H30N2O2/c1-5-6-13(10-18-4)16-14(17)8-12(9-15)7-11(2)3/h11-13H,5-10,15H2,1-4H3,(H,16,17)/t12-,13?/m0/s1. The fourth-order valence-corrected chi connectivity index (χ4v) is 2.23. The molecule has 108 valence electrons. The van der Waals surface area contributed by atoms with E-state index in [0.717, 1.165) is 19.3 Å². The average Bonchev–Trinajstić information content (AvgIpc) is 2.28. The number of hydrogen-bond donors (Lipinski definition) is 2. The first-order chi connectivity index (χ1) is 8.53. The van der Waals surface area contributed by atoms with Gasteiger partial charge in [0.2, 0.25) is 5.91 Å². The Bertz CT molecular complexity index is 208. The van der Waals surface area contributed by atoms with Crippen molar-refractivity contribution in [2.75, 3.05) is 20.3 Å². The molecule has 0 aromatic heterocycles. The van der Waals surface area contributed by atoms with Gasteiger partial charge in [-0.05, 0) is 31.2 Å². The fourth-order valence-electron chi connectivity index (χ4n) is 2.23. The zero-order valence-electron chi connectivity index (χ0n) is 12.4. The third-order valence-corrected chi connectivity index (χ3v) is 2.98. The summed E-state index contributed by atoms with van der Waals surface area (Å²) in [7, 11) is 1.66. The van der Waals surface area contributed by atoms with Gasteiger partial charge < -0.3 is 15.8 Å². The molecule has 1 amide bonds. The molecule has 4 heteroatoms. The van der Waals surface area contributed by atoms with Gasteiger partial charge in [-0.3, -0.25) is 4.79 Å². The normalized spacial score (nSPS) is 14.6. The molecule has 0 rings (SSSR count). The molecule has 0 aliphatic rings. The smallest absolute Gasteiger partial charge is 0.220 e. The van der Waals surface area contributed by atoms with Crippen LogP contribution in [0.15, 0.2) is 0 Å². The van der Waals surface area contributed by atoms with Gasteiger partial charge in [-0.25, -0.2) is 0 Å². The van der Waals surface area contributed by atoms with E-state index in [1.807, 2.05) is 0 Å². The van der Waals surface area contributed by atoms with E-state index in [9.17, 15) is 4.79 Å². The summed E-state index contributed by atoms with van der Waals surface area (Å²) >= 11 is 0. The Hall–Kier alpha value is -0.610. The summed E-state index contributed by atoms with van der Waals surface area (Å²) < 4.78 is 5.11. The predicted octanol–water partition coefficient (Wildman–Crippen LogP) is 1.93. The highest BCUT2D eigenvalue weighted by Crippen LogP contribution is 2.14. The summed E-state index contributed by atoms with van der Waals surface area (Å²) in [4.78, 5) is 11.9. The highest BCUT2D eigenvalue weighted by Gasteiger charge is 2.16. The van der Waals surface area contributed by atoms with Crippen LogP contribution in [0.1, 0.15) is 46.5 Å². The maximum atomic E-state index is 11.9. The van der Waals surface area contributed by atoms with Crippen molar-refractivity contribution in [3.63, 3.8) is 0 Å². The van der Waals surface area contributed by atoms with Crippen LogP contribution in [-0.2, 0) is 9.53 Å². The first-order valence-corrected chi connectivity index (χ1v) is 7.01. The van der Waals surface area contributed by atoms with E-state index in [2.05, 4.69) is 26.1 Å². The first kappa shape index (κ1) is 17.4. The molecule has 3 N–H and O–H groups in total. The van der Waals surface area contributed by atoms with E-state index >= 15 is 0 Å². The number of nitrogens with one attached hydrogen (secondary N) is 1. The van der Waals surface area contributed by atoms with Crippen LogP contribution in [0.25, 0.3) is 0 Å². The SMILES string of the molecule is CCCC(COC)NC(=O)C[C@@H](CN)CC(C)C. The Balaban J connectivity index is 4.11. The van der Waals surface area contributed by atoms with Crippen LogP contribution >= 0.6 is 0 Å². The van der Waals surface area contributed by atoms with Gasteiger partial charge in [0, 0.05) is 13.5 Å². The molecule has 0 saturated carbocycles. The molecule has 0 bridgehead atoms. The lowest BCUT2D eigenvalue weighted by atomic mass is 9.94. The molecule has 0 aliphatic carbocycles. The summed E-state index contributed by atoms with van der Waals surface area (Å²) in [5.41, 5.74) is 5.71. The molecule has 2 atom stereocenters. The van der Waals surface area contributed by atoms with Crippen molar-refractivity contribution >= 4 is 5.91 Å². The van der Waals surface area contributed by atoms with Crippen molar-refractivity contribution in [2.24, 2.45) is 17.6 Å². The molecule has 0 radical (unpaired) electrons. The molecular weight excluding hydrogens is 228 g/mol. The maximum absolute atomic E-state index is 11.9. The number of carbonyl (C=O) groups is 1. The molecule has 0 spiro atoms. The van der Waals surface area contributed by atoms with Crippen molar-refractivity contribution in [1.29, 1.82) is 0 Å². The summed E-state index contributed by atoms with van der Waals surface area (Å²) in [5.74, 6) is 0.966. The van der Waals surface area contributed by atoms with Gasteiger partial charge >= 0.3 is 0 Å². The number of methoxy groups -OCH3 is 1. The van der Waals surface area contributed by atoms with Gasteiger partial charge in [0.1, 0.15) is 0 Å². The molecule has 1 unspecified atom stereocenters. The van der Waals surface area contributed by atoms with Crippen LogP contribution in [0.4, 0.5) is 0 Å². The Morgan fingerprint density at radius 1 is 1.39 bits per heavy atom. The minimum atomic E-state index is 0.0987. The van der Waals surface area contributed by atoms with Crippen LogP contribution in [0.5, 0.6) is 0 Å². The number of ether oxygens (including phenoxy) is 1. The highest BCUT2D eigenvalue weighted by atomic mass is 16.5. The number of amides is 1. The van der Waals surface area contributed by atoms with Gasteiger partial charge in [0.25, 0.3) is 0 Å². The lowest BCUT2D eigenvalue weighted by molar-refractivity contribution is -0.123. The van der Waals surface area contributed by atoms with Crippen LogP contribution in [0.3, 0.4) is 0 Å². The van der Waals surface area contributed by atoms with Crippen molar-refractivity contribution in [1.82, 2.24) is 5.32 Å². The number of hydrogen-bond acceptors (Lipinski definition) is 3. The Morgan fingerprint density at radius 2 is 2.06 bits per heavy atom. The third-order valence-electron chi connectivity index (χ3n) is 2.98. The third kappa shape index (κ3) is 8.48. The molecule has 4 nitrogen and oxygen atoms in total. The zero-order chi connectivity index (χ0) is 14.0. The van der Waals surface area contributed by atoms with Gasteiger partial charge in [-0.2, -0.15) is 0 Å². The largest absolute Gasteiger partial charge is 0.383 e. The molecule has 0 fully saturated rings. The van der Waals surface area contributed by atoms with Gasteiger partial charge in [0.15, 0.2) is 0 Å². The molecule has 0 aromatic rings. The summed E-state index contributed by atoms with van der Waals surface area (Å²) in [6, 6.07) is 0.130. The molecule has 18 heavy (non-hydrogen) atoms. The van der Waals surface area contributed by atoms with Gasteiger partial charge in [-0.15, -0.1) is 0 Å². The van der Waals surface area contributed by atoms with Crippen LogP contribution in [0, 0.1) is 11.8 Å². The fraction of sp³-hybridized carbons (Fsp3) is 0.929. The summed E-state index contributed by atoms with van der Waals surface area (Å²) in [6.07, 6.45) is 3.53. The lowest BCUT2D eigenvalue weighted by Gasteiger charge is -2.20.